The number of carbonyl (C=O) groups is 3. The van der Waals surface area contributed by atoms with Crippen molar-refractivity contribution in [2.24, 2.45) is 0 Å². The number of nitrogens with one attached hydrogen (secondary N) is 1. The molecule has 0 spiro atoms. The van der Waals surface area contributed by atoms with Crippen molar-refractivity contribution in [2.45, 2.75) is 39.5 Å². The number of esters is 1. The van der Waals surface area contributed by atoms with Crippen molar-refractivity contribution in [1.29, 1.82) is 0 Å². The number of amides is 2. The summed E-state index contributed by atoms with van der Waals surface area (Å²) >= 11 is 0. The van der Waals surface area contributed by atoms with Crippen LogP contribution >= 0.6 is 0 Å². The highest BCUT2D eigenvalue weighted by Crippen LogP contribution is 2.22. The van der Waals surface area contributed by atoms with Crippen molar-refractivity contribution in [1.82, 2.24) is 5.32 Å². The lowest BCUT2D eigenvalue weighted by atomic mass is 9.87. The summed E-state index contributed by atoms with van der Waals surface area (Å²) in [5, 5.41) is 2.18. The molecule has 0 heterocycles. The van der Waals surface area contributed by atoms with Gasteiger partial charge in [0.15, 0.2) is 6.61 Å². The average molecular weight is 291 g/mol. The first kappa shape index (κ1) is 16.9. The lowest BCUT2D eigenvalue weighted by Crippen LogP contribution is -2.34. The normalized spacial score (nSPS) is 10.9. The topological polar surface area (TPSA) is 72.5 Å². The first-order chi connectivity index (χ1) is 9.74. The number of hydrogen-bond donors (Lipinski definition) is 1. The minimum atomic E-state index is -0.637. The SMILES string of the molecule is CCC(=O)OCC(=O)NC(=O)c1ccc(C(C)(C)C)cc1. The molecule has 114 valence electrons. The summed E-state index contributed by atoms with van der Waals surface area (Å²) in [5.74, 6) is -1.62. The number of benzene rings is 1. The Balaban J connectivity index is 2.60. The standard InChI is InChI=1S/C16H21NO4/c1-5-14(19)21-10-13(18)17-15(20)11-6-8-12(9-7-11)16(2,3)4/h6-9H,5,10H2,1-4H3,(H,17,18,20). The van der Waals surface area contributed by atoms with E-state index in [4.69, 9.17) is 0 Å². The highest BCUT2D eigenvalue weighted by molar-refractivity contribution is 6.05. The van der Waals surface area contributed by atoms with Crippen LogP contribution in [0.15, 0.2) is 24.3 Å². The van der Waals surface area contributed by atoms with Gasteiger partial charge in [-0.25, -0.2) is 0 Å². The second-order valence-electron chi connectivity index (χ2n) is 5.72. The van der Waals surface area contributed by atoms with Crippen LogP contribution in [0.1, 0.15) is 50.0 Å². The Morgan fingerprint density at radius 1 is 1.10 bits per heavy atom. The van der Waals surface area contributed by atoms with Gasteiger partial charge in [-0.2, -0.15) is 0 Å². The van der Waals surface area contributed by atoms with Crippen LogP contribution in [0.4, 0.5) is 0 Å². The molecule has 0 aliphatic rings. The number of ether oxygens (including phenoxy) is 1. The Morgan fingerprint density at radius 2 is 1.67 bits per heavy atom. The lowest BCUT2D eigenvalue weighted by Gasteiger charge is -2.18. The van der Waals surface area contributed by atoms with Crippen molar-refractivity contribution in [3.05, 3.63) is 35.4 Å². The lowest BCUT2D eigenvalue weighted by molar-refractivity contribution is -0.147. The van der Waals surface area contributed by atoms with Gasteiger partial charge < -0.3 is 4.74 Å². The maximum absolute atomic E-state index is 11.9. The van der Waals surface area contributed by atoms with E-state index in [1.165, 1.54) is 0 Å². The highest BCUT2D eigenvalue weighted by Gasteiger charge is 2.15. The van der Waals surface area contributed by atoms with Gasteiger partial charge in [0.2, 0.25) is 0 Å². The smallest absolute Gasteiger partial charge is 0.306 e. The minimum Gasteiger partial charge on any atom is -0.456 e. The number of imide groups is 1. The fraction of sp³-hybridized carbons (Fsp3) is 0.438. The molecule has 1 aromatic carbocycles. The summed E-state index contributed by atoms with van der Waals surface area (Å²) in [6.07, 6.45) is 0.190. The van der Waals surface area contributed by atoms with E-state index in [1.807, 2.05) is 12.1 Å². The molecule has 0 saturated carbocycles. The third-order valence-electron chi connectivity index (χ3n) is 2.92. The number of hydrogen-bond acceptors (Lipinski definition) is 4. The second-order valence-corrected chi connectivity index (χ2v) is 5.72. The molecule has 1 N–H and O–H groups in total. The molecule has 0 saturated heterocycles. The van der Waals surface area contributed by atoms with Crippen LogP contribution in [0.3, 0.4) is 0 Å². The molecule has 0 bridgehead atoms. The van der Waals surface area contributed by atoms with Crippen LogP contribution in [-0.2, 0) is 19.7 Å². The largest absolute Gasteiger partial charge is 0.456 e. The van der Waals surface area contributed by atoms with E-state index in [0.29, 0.717) is 5.56 Å². The maximum atomic E-state index is 11.9. The zero-order valence-electron chi connectivity index (χ0n) is 12.9. The van der Waals surface area contributed by atoms with Gasteiger partial charge in [-0.3, -0.25) is 19.7 Å². The van der Waals surface area contributed by atoms with Crippen LogP contribution in [0.5, 0.6) is 0 Å². The fourth-order valence-electron chi connectivity index (χ4n) is 1.60. The molecule has 0 radical (unpaired) electrons. The van der Waals surface area contributed by atoms with Crippen molar-refractivity contribution in [3.63, 3.8) is 0 Å². The summed E-state index contributed by atoms with van der Waals surface area (Å²) in [7, 11) is 0. The zero-order valence-corrected chi connectivity index (χ0v) is 12.9. The third kappa shape index (κ3) is 5.38. The monoisotopic (exact) mass is 291 g/mol. The Labute approximate surface area is 124 Å². The molecule has 1 aromatic rings. The van der Waals surface area contributed by atoms with Gasteiger partial charge in [0.05, 0.1) is 0 Å². The summed E-state index contributed by atoms with van der Waals surface area (Å²) in [5.41, 5.74) is 1.49. The molecule has 0 aliphatic heterocycles. The average Bonchev–Trinajstić information content (AvgIpc) is 2.43. The van der Waals surface area contributed by atoms with Gasteiger partial charge >= 0.3 is 5.97 Å². The molecule has 5 nitrogen and oxygen atoms in total. The summed E-state index contributed by atoms with van der Waals surface area (Å²) < 4.78 is 4.65. The Hall–Kier alpha value is -2.17. The van der Waals surface area contributed by atoms with Gasteiger partial charge in [-0.15, -0.1) is 0 Å². The molecule has 21 heavy (non-hydrogen) atoms. The van der Waals surface area contributed by atoms with E-state index in [0.717, 1.165) is 5.56 Å². The van der Waals surface area contributed by atoms with Crippen LogP contribution in [0, 0.1) is 0 Å². The quantitative estimate of drug-likeness (QED) is 0.863. The first-order valence-electron chi connectivity index (χ1n) is 6.84. The first-order valence-corrected chi connectivity index (χ1v) is 6.84. The van der Waals surface area contributed by atoms with Crippen LogP contribution in [-0.4, -0.2) is 24.4 Å². The molecule has 0 fully saturated rings. The van der Waals surface area contributed by atoms with E-state index < -0.39 is 24.4 Å². The van der Waals surface area contributed by atoms with E-state index >= 15 is 0 Å². The van der Waals surface area contributed by atoms with E-state index in [2.05, 4.69) is 30.8 Å². The van der Waals surface area contributed by atoms with Gasteiger partial charge in [0, 0.05) is 12.0 Å². The molecule has 0 unspecified atom stereocenters. The molecule has 5 heteroatoms. The van der Waals surface area contributed by atoms with Crippen LogP contribution in [0.2, 0.25) is 0 Å². The Kier molecular flexibility index (Phi) is 5.64. The third-order valence-corrected chi connectivity index (χ3v) is 2.92. The zero-order chi connectivity index (χ0) is 16.0. The van der Waals surface area contributed by atoms with Gasteiger partial charge in [-0.1, -0.05) is 39.8 Å². The van der Waals surface area contributed by atoms with Crippen molar-refractivity contribution >= 4 is 17.8 Å². The Bertz CT molecular complexity index is 526. The van der Waals surface area contributed by atoms with Gasteiger partial charge in [0.1, 0.15) is 0 Å². The van der Waals surface area contributed by atoms with E-state index in [9.17, 15) is 14.4 Å². The molecule has 0 atom stereocenters. The van der Waals surface area contributed by atoms with Crippen molar-refractivity contribution < 1.29 is 19.1 Å². The van der Waals surface area contributed by atoms with Crippen LogP contribution in [0.25, 0.3) is 0 Å². The summed E-state index contributed by atoms with van der Waals surface area (Å²) in [6, 6.07) is 7.05. The van der Waals surface area contributed by atoms with E-state index in [-0.39, 0.29) is 11.8 Å². The number of rotatable bonds is 4. The molecule has 0 aliphatic carbocycles. The fourth-order valence-corrected chi connectivity index (χ4v) is 1.60. The predicted molar refractivity (Wildman–Crippen MR) is 78.9 cm³/mol. The van der Waals surface area contributed by atoms with Crippen molar-refractivity contribution in [3.8, 4) is 0 Å². The highest BCUT2D eigenvalue weighted by atomic mass is 16.5. The van der Waals surface area contributed by atoms with Crippen molar-refractivity contribution in [2.75, 3.05) is 6.61 Å². The molecule has 0 aromatic heterocycles. The molecule has 1 rings (SSSR count). The Morgan fingerprint density at radius 3 is 2.14 bits per heavy atom. The molecule has 2 amide bonds. The summed E-state index contributed by atoms with van der Waals surface area (Å²) in [6.45, 7) is 7.41. The second kappa shape index (κ2) is 7.02. The minimum absolute atomic E-state index is 0.000814. The van der Waals surface area contributed by atoms with Gasteiger partial charge in [0.25, 0.3) is 11.8 Å². The summed E-state index contributed by atoms with van der Waals surface area (Å²) in [4.78, 5) is 34.2. The molecular formula is C16H21NO4. The van der Waals surface area contributed by atoms with E-state index in [1.54, 1.807) is 19.1 Å². The molecular weight excluding hydrogens is 270 g/mol. The van der Waals surface area contributed by atoms with Gasteiger partial charge in [-0.05, 0) is 23.1 Å². The maximum Gasteiger partial charge on any atom is 0.306 e. The van der Waals surface area contributed by atoms with Crippen LogP contribution < -0.4 is 5.32 Å². The predicted octanol–water partition coefficient (Wildman–Crippen LogP) is 2.19. The number of carbonyl (C=O) groups excluding carboxylic acids is 3.